The van der Waals surface area contributed by atoms with Crippen LogP contribution in [0.15, 0.2) is 48.2 Å². The molecule has 0 saturated carbocycles. The van der Waals surface area contributed by atoms with Gasteiger partial charge in [0.2, 0.25) is 0 Å². The maximum absolute atomic E-state index is 4.54. The van der Waals surface area contributed by atoms with Gasteiger partial charge >= 0.3 is 0 Å². The van der Waals surface area contributed by atoms with E-state index in [4.69, 9.17) is 0 Å². The molecule has 0 amide bonds. The van der Waals surface area contributed by atoms with Gasteiger partial charge in [-0.3, -0.25) is 4.68 Å². The summed E-state index contributed by atoms with van der Waals surface area (Å²) in [5.41, 5.74) is 6.06. The quantitative estimate of drug-likeness (QED) is 0.880. The number of thiazole rings is 1. The molecule has 0 bridgehead atoms. The summed E-state index contributed by atoms with van der Waals surface area (Å²) >= 11 is 1.67. The summed E-state index contributed by atoms with van der Waals surface area (Å²) in [4.78, 5) is 8.00. The van der Waals surface area contributed by atoms with Gasteiger partial charge in [0.25, 0.3) is 0 Å². The Bertz CT molecular complexity index is 836. The molecule has 0 aliphatic carbocycles. The van der Waals surface area contributed by atoms with Crippen molar-refractivity contribution in [2.24, 2.45) is 7.05 Å². The summed E-state index contributed by atoms with van der Waals surface area (Å²) in [5.74, 6) is 0. The average Bonchev–Trinajstić information content (AvgIpc) is 3.21. The predicted octanol–water partition coefficient (Wildman–Crippen LogP) is 4.01. The molecule has 5 nitrogen and oxygen atoms in total. The third kappa shape index (κ3) is 4.02. The molecule has 3 heterocycles. The molecule has 1 aliphatic rings. The van der Waals surface area contributed by atoms with Gasteiger partial charge in [-0.2, -0.15) is 5.10 Å². The van der Waals surface area contributed by atoms with E-state index in [2.05, 4.69) is 53.8 Å². The number of nitrogens with zero attached hydrogens (tertiary/aromatic N) is 4. The summed E-state index contributed by atoms with van der Waals surface area (Å²) in [6.45, 7) is 12.6. The van der Waals surface area contributed by atoms with Crippen LogP contribution in [0.4, 0.5) is 0 Å². The van der Waals surface area contributed by atoms with Crippen LogP contribution in [0.25, 0.3) is 16.3 Å². The Morgan fingerprint density at radius 1 is 1.36 bits per heavy atom. The lowest BCUT2D eigenvalue weighted by atomic mass is 10.1. The van der Waals surface area contributed by atoms with E-state index in [9.17, 15) is 0 Å². The number of hydrogen-bond donors (Lipinski definition) is 1. The lowest BCUT2D eigenvalue weighted by molar-refractivity contribution is 0.405. The molecule has 1 aliphatic heterocycles. The van der Waals surface area contributed by atoms with Crippen molar-refractivity contribution in [2.75, 3.05) is 13.1 Å². The van der Waals surface area contributed by atoms with Crippen LogP contribution in [0, 0.1) is 0 Å². The number of aryl methyl sites for hydroxylation is 1. The molecule has 2 aromatic heterocycles. The van der Waals surface area contributed by atoms with E-state index in [1.54, 1.807) is 16.0 Å². The Labute approximate surface area is 153 Å². The van der Waals surface area contributed by atoms with Gasteiger partial charge in [0, 0.05) is 55.9 Å². The van der Waals surface area contributed by atoms with Crippen LogP contribution in [-0.4, -0.2) is 32.8 Å². The highest BCUT2D eigenvalue weighted by molar-refractivity contribution is 7.16. The van der Waals surface area contributed by atoms with Gasteiger partial charge < -0.3 is 10.2 Å². The predicted molar refractivity (Wildman–Crippen MR) is 105 cm³/mol. The van der Waals surface area contributed by atoms with Crippen molar-refractivity contribution in [3.63, 3.8) is 0 Å². The van der Waals surface area contributed by atoms with Crippen LogP contribution >= 0.6 is 11.3 Å². The van der Waals surface area contributed by atoms with Gasteiger partial charge in [0.05, 0.1) is 11.1 Å². The third-order valence-corrected chi connectivity index (χ3v) is 5.33. The van der Waals surface area contributed by atoms with E-state index < -0.39 is 0 Å². The molecule has 132 valence electrons. The van der Waals surface area contributed by atoms with E-state index in [0.717, 1.165) is 40.7 Å². The Kier molecular flexibility index (Phi) is 5.08. The van der Waals surface area contributed by atoms with E-state index in [0.29, 0.717) is 0 Å². The minimum absolute atomic E-state index is 0.901. The number of allylic oxidation sites excluding steroid dienone is 1. The molecule has 0 spiro atoms. The second-order valence-corrected chi connectivity index (χ2v) is 7.71. The Balaban J connectivity index is 1.70. The van der Waals surface area contributed by atoms with Crippen LogP contribution < -0.4 is 5.32 Å². The first kappa shape index (κ1) is 17.5. The van der Waals surface area contributed by atoms with E-state index >= 15 is 0 Å². The number of rotatable bonds is 5. The van der Waals surface area contributed by atoms with Crippen LogP contribution in [0.2, 0.25) is 0 Å². The molecule has 1 N–H and O–H groups in total. The summed E-state index contributed by atoms with van der Waals surface area (Å²) in [6, 6.07) is 0. The molecule has 0 fully saturated rings. The normalized spacial score (nSPS) is 14.6. The zero-order valence-corrected chi connectivity index (χ0v) is 16.2. The first-order valence-corrected chi connectivity index (χ1v) is 9.23. The summed E-state index contributed by atoms with van der Waals surface area (Å²) < 4.78 is 1.80. The fraction of sp³-hybridized carbons (Fsp3) is 0.368. The first-order chi connectivity index (χ1) is 11.9. The molecular formula is C19H25N5S. The minimum Gasteiger partial charge on any atom is -0.366 e. The Morgan fingerprint density at radius 3 is 2.80 bits per heavy atom. The van der Waals surface area contributed by atoms with Crippen molar-refractivity contribution < 1.29 is 0 Å². The zero-order valence-electron chi connectivity index (χ0n) is 15.3. The van der Waals surface area contributed by atoms with Gasteiger partial charge in [-0.15, -0.1) is 11.3 Å². The molecule has 2 aromatic rings. The monoisotopic (exact) mass is 355 g/mol. The lowest BCUT2D eigenvalue weighted by Gasteiger charge is -2.32. The van der Waals surface area contributed by atoms with Gasteiger partial charge in [-0.25, -0.2) is 4.98 Å². The average molecular weight is 356 g/mol. The standard InChI is InChI=1S/C19H25N5S/c1-13(2)8-20-17-6-7-24(11-14(17)3)15(4)18-10-21-19(25-18)16-9-22-23(5)12-16/h8-10,12,20H,4,6-7,11H2,1-3,5H3. The summed E-state index contributed by atoms with van der Waals surface area (Å²) in [5, 5.41) is 8.64. The van der Waals surface area contributed by atoms with Crippen molar-refractivity contribution >= 4 is 17.0 Å². The van der Waals surface area contributed by atoms with Gasteiger partial charge in [-0.1, -0.05) is 12.2 Å². The number of aromatic nitrogens is 3. The fourth-order valence-corrected chi connectivity index (χ4v) is 3.70. The zero-order chi connectivity index (χ0) is 18.0. The van der Waals surface area contributed by atoms with E-state index in [1.807, 2.05) is 25.6 Å². The Hall–Kier alpha value is -2.34. The van der Waals surface area contributed by atoms with E-state index in [-0.39, 0.29) is 0 Å². The minimum atomic E-state index is 0.901. The van der Waals surface area contributed by atoms with Crippen molar-refractivity contribution in [3.8, 4) is 10.6 Å². The fourth-order valence-electron chi connectivity index (χ4n) is 2.81. The highest BCUT2D eigenvalue weighted by Crippen LogP contribution is 2.31. The van der Waals surface area contributed by atoms with Crippen LogP contribution in [0.3, 0.4) is 0 Å². The summed E-state index contributed by atoms with van der Waals surface area (Å²) in [7, 11) is 1.92. The molecule has 3 rings (SSSR count). The van der Waals surface area contributed by atoms with Crippen LogP contribution in [0.5, 0.6) is 0 Å². The molecule has 0 saturated heterocycles. The number of nitrogens with one attached hydrogen (secondary N) is 1. The number of hydrogen-bond acceptors (Lipinski definition) is 5. The smallest absolute Gasteiger partial charge is 0.127 e. The van der Waals surface area contributed by atoms with Crippen LogP contribution in [-0.2, 0) is 7.05 Å². The van der Waals surface area contributed by atoms with Crippen molar-refractivity contribution in [3.05, 3.63) is 53.1 Å². The third-order valence-electron chi connectivity index (χ3n) is 4.23. The highest BCUT2D eigenvalue weighted by atomic mass is 32.1. The molecular weight excluding hydrogens is 330 g/mol. The van der Waals surface area contributed by atoms with Crippen molar-refractivity contribution in [1.29, 1.82) is 0 Å². The van der Waals surface area contributed by atoms with Crippen molar-refractivity contribution in [2.45, 2.75) is 27.2 Å². The maximum atomic E-state index is 4.54. The lowest BCUT2D eigenvalue weighted by Crippen LogP contribution is -2.31. The molecule has 0 radical (unpaired) electrons. The highest BCUT2D eigenvalue weighted by Gasteiger charge is 2.19. The molecule has 0 unspecified atom stereocenters. The molecule has 25 heavy (non-hydrogen) atoms. The second kappa shape index (κ2) is 7.27. The summed E-state index contributed by atoms with van der Waals surface area (Å²) in [6.07, 6.45) is 8.83. The largest absolute Gasteiger partial charge is 0.366 e. The Morgan fingerprint density at radius 2 is 2.16 bits per heavy atom. The molecule has 6 heteroatoms. The topological polar surface area (TPSA) is 46.0 Å². The second-order valence-electron chi connectivity index (χ2n) is 6.68. The van der Waals surface area contributed by atoms with Gasteiger partial charge in [0.1, 0.15) is 5.01 Å². The van der Waals surface area contributed by atoms with Gasteiger partial charge in [-0.05, 0) is 32.5 Å². The molecule has 0 atom stereocenters. The van der Waals surface area contributed by atoms with Crippen LogP contribution in [0.1, 0.15) is 32.1 Å². The maximum Gasteiger partial charge on any atom is 0.127 e. The molecule has 0 aromatic carbocycles. The SMILES string of the molecule is C=C(c1cnc(-c2cnn(C)c2)s1)N1CCC(NC=C(C)C)=C(C)C1. The van der Waals surface area contributed by atoms with Gasteiger partial charge in [0.15, 0.2) is 0 Å². The van der Waals surface area contributed by atoms with E-state index in [1.165, 1.54) is 16.8 Å². The van der Waals surface area contributed by atoms with Crippen molar-refractivity contribution in [1.82, 2.24) is 25.0 Å². The first-order valence-electron chi connectivity index (χ1n) is 8.41.